The number of nitrogens with two attached hydrogens (primary N) is 1. The largest absolute Gasteiger partial charge is 0.480 e. The van der Waals surface area contributed by atoms with Gasteiger partial charge < -0.3 is 10.8 Å². The van der Waals surface area contributed by atoms with E-state index in [1.54, 1.807) is 18.3 Å². The van der Waals surface area contributed by atoms with Gasteiger partial charge in [-0.05, 0) is 27.6 Å². The molecule has 0 unspecified atom stereocenters. The van der Waals surface area contributed by atoms with Crippen LogP contribution in [0.25, 0.3) is 0 Å². The average Bonchev–Trinajstić information content (AvgIpc) is 2.08. The number of hydrogen-bond acceptors (Lipinski definition) is 3. The van der Waals surface area contributed by atoms with Crippen molar-refractivity contribution in [3.05, 3.63) is 28.5 Å². The van der Waals surface area contributed by atoms with Gasteiger partial charge in [0.25, 0.3) is 0 Å². The standard InChI is InChI=1S/C8H9BrN2O2/c9-7-5(2-1-3-11-7)4-6(10)8(12)13/h1-3,6H,4,10H2,(H,12,13)/t6-/m0/s1. The van der Waals surface area contributed by atoms with Gasteiger partial charge >= 0.3 is 5.97 Å². The van der Waals surface area contributed by atoms with Crippen LogP contribution in [0.15, 0.2) is 22.9 Å². The molecule has 0 saturated heterocycles. The third-order valence-corrected chi connectivity index (χ3v) is 2.31. The fraction of sp³-hybridized carbons (Fsp3) is 0.250. The zero-order chi connectivity index (χ0) is 9.84. The number of hydrogen-bond donors (Lipinski definition) is 2. The van der Waals surface area contributed by atoms with Crippen molar-refractivity contribution in [3.8, 4) is 0 Å². The predicted octanol–water partition coefficient (Wildman–Crippen LogP) is 0.798. The number of aliphatic carboxylic acids is 1. The summed E-state index contributed by atoms with van der Waals surface area (Å²) in [7, 11) is 0. The van der Waals surface area contributed by atoms with Crippen molar-refractivity contribution in [2.75, 3.05) is 0 Å². The van der Waals surface area contributed by atoms with Crippen LogP contribution in [0.4, 0.5) is 0 Å². The van der Waals surface area contributed by atoms with E-state index in [9.17, 15) is 4.79 Å². The molecule has 0 saturated carbocycles. The minimum absolute atomic E-state index is 0.282. The number of pyridine rings is 1. The topological polar surface area (TPSA) is 76.2 Å². The van der Waals surface area contributed by atoms with E-state index in [-0.39, 0.29) is 6.42 Å². The molecule has 13 heavy (non-hydrogen) atoms. The van der Waals surface area contributed by atoms with Gasteiger partial charge in [0.05, 0.1) is 0 Å². The Bertz CT molecular complexity index is 317. The summed E-state index contributed by atoms with van der Waals surface area (Å²) in [6.07, 6.45) is 1.91. The summed E-state index contributed by atoms with van der Waals surface area (Å²) in [6, 6.07) is 2.66. The molecule has 0 bridgehead atoms. The SMILES string of the molecule is N[C@@H](Cc1cccnc1Br)C(=O)O. The number of carboxylic acids is 1. The van der Waals surface area contributed by atoms with Crippen molar-refractivity contribution in [1.82, 2.24) is 4.98 Å². The highest BCUT2D eigenvalue weighted by molar-refractivity contribution is 9.10. The Balaban J connectivity index is 2.74. The first-order chi connectivity index (χ1) is 6.11. The van der Waals surface area contributed by atoms with Crippen molar-refractivity contribution in [2.45, 2.75) is 12.5 Å². The second kappa shape index (κ2) is 4.34. The van der Waals surface area contributed by atoms with E-state index in [0.717, 1.165) is 5.56 Å². The van der Waals surface area contributed by atoms with Crippen LogP contribution >= 0.6 is 15.9 Å². The zero-order valence-electron chi connectivity index (χ0n) is 6.77. The maximum Gasteiger partial charge on any atom is 0.320 e. The molecule has 0 aliphatic rings. The molecule has 0 aliphatic heterocycles. The van der Waals surface area contributed by atoms with E-state index in [1.807, 2.05) is 0 Å². The minimum atomic E-state index is -1.00. The fourth-order valence-electron chi connectivity index (χ4n) is 0.896. The molecule has 0 aliphatic carbocycles. The summed E-state index contributed by atoms with van der Waals surface area (Å²) >= 11 is 3.21. The number of nitrogens with zero attached hydrogens (tertiary/aromatic N) is 1. The summed E-state index contributed by atoms with van der Waals surface area (Å²) in [5.74, 6) is -1.00. The van der Waals surface area contributed by atoms with E-state index in [2.05, 4.69) is 20.9 Å². The Morgan fingerprint density at radius 3 is 3.00 bits per heavy atom. The molecule has 0 spiro atoms. The molecular weight excluding hydrogens is 236 g/mol. The van der Waals surface area contributed by atoms with Gasteiger partial charge in [-0.3, -0.25) is 4.79 Å². The van der Waals surface area contributed by atoms with Crippen LogP contribution < -0.4 is 5.73 Å². The highest BCUT2D eigenvalue weighted by Crippen LogP contribution is 2.13. The van der Waals surface area contributed by atoms with Gasteiger partial charge in [-0.25, -0.2) is 4.98 Å². The molecule has 1 heterocycles. The lowest BCUT2D eigenvalue weighted by atomic mass is 10.1. The smallest absolute Gasteiger partial charge is 0.320 e. The lowest BCUT2D eigenvalue weighted by molar-refractivity contribution is -0.138. The molecule has 0 fully saturated rings. The molecule has 4 nitrogen and oxygen atoms in total. The second-order valence-corrected chi connectivity index (χ2v) is 3.35. The van der Waals surface area contributed by atoms with Gasteiger partial charge in [0.2, 0.25) is 0 Å². The first kappa shape index (κ1) is 10.1. The van der Waals surface area contributed by atoms with Crippen LogP contribution in [0.3, 0.4) is 0 Å². The maximum absolute atomic E-state index is 10.5. The van der Waals surface area contributed by atoms with Crippen LogP contribution in [0, 0.1) is 0 Å². The number of carboxylic acid groups (broad SMARTS) is 1. The number of halogens is 1. The maximum atomic E-state index is 10.5. The van der Waals surface area contributed by atoms with Crippen LogP contribution in [-0.4, -0.2) is 22.1 Å². The first-order valence-corrected chi connectivity index (χ1v) is 4.48. The van der Waals surface area contributed by atoms with Gasteiger partial charge in [-0.15, -0.1) is 0 Å². The molecular formula is C8H9BrN2O2. The summed E-state index contributed by atoms with van der Waals surface area (Å²) in [5, 5.41) is 8.57. The Labute approximate surface area is 83.9 Å². The van der Waals surface area contributed by atoms with E-state index in [4.69, 9.17) is 10.8 Å². The highest BCUT2D eigenvalue weighted by Gasteiger charge is 2.13. The molecule has 5 heteroatoms. The van der Waals surface area contributed by atoms with Crippen molar-refractivity contribution < 1.29 is 9.90 Å². The molecule has 1 aromatic heterocycles. The van der Waals surface area contributed by atoms with E-state index >= 15 is 0 Å². The van der Waals surface area contributed by atoms with Crippen molar-refractivity contribution >= 4 is 21.9 Å². The van der Waals surface area contributed by atoms with Crippen molar-refractivity contribution in [2.24, 2.45) is 5.73 Å². The average molecular weight is 245 g/mol. The van der Waals surface area contributed by atoms with E-state index in [0.29, 0.717) is 4.60 Å². The molecule has 0 amide bonds. The monoisotopic (exact) mass is 244 g/mol. The number of carbonyl (C=O) groups is 1. The molecule has 1 rings (SSSR count). The predicted molar refractivity (Wildman–Crippen MR) is 51.3 cm³/mol. The van der Waals surface area contributed by atoms with Crippen LogP contribution in [0.5, 0.6) is 0 Å². The quantitative estimate of drug-likeness (QED) is 0.772. The van der Waals surface area contributed by atoms with Gasteiger partial charge in [0.15, 0.2) is 0 Å². The van der Waals surface area contributed by atoms with Crippen molar-refractivity contribution in [3.63, 3.8) is 0 Å². The summed E-state index contributed by atoms with van der Waals surface area (Å²) < 4.78 is 0.645. The molecule has 0 aromatic carbocycles. The van der Waals surface area contributed by atoms with Gasteiger partial charge in [0.1, 0.15) is 10.6 Å². The first-order valence-electron chi connectivity index (χ1n) is 3.69. The van der Waals surface area contributed by atoms with Crippen molar-refractivity contribution in [1.29, 1.82) is 0 Å². The normalized spacial score (nSPS) is 12.5. The summed E-state index contributed by atoms with van der Waals surface area (Å²) in [6.45, 7) is 0. The molecule has 0 radical (unpaired) electrons. The van der Waals surface area contributed by atoms with Gasteiger partial charge in [-0.2, -0.15) is 0 Å². The fourth-order valence-corrected chi connectivity index (χ4v) is 1.31. The third kappa shape index (κ3) is 2.78. The molecule has 70 valence electrons. The summed E-state index contributed by atoms with van der Waals surface area (Å²) in [5.41, 5.74) is 6.17. The van der Waals surface area contributed by atoms with Crippen LogP contribution in [0.1, 0.15) is 5.56 Å². The zero-order valence-corrected chi connectivity index (χ0v) is 8.36. The van der Waals surface area contributed by atoms with E-state index < -0.39 is 12.0 Å². The lowest BCUT2D eigenvalue weighted by Crippen LogP contribution is -2.32. The Morgan fingerprint density at radius 1 is 1.77 bits per heavy atom. The number of rotatable bonds is 3. The molecule has 1 aromatic rings. The van der Waals surface area contributed by atoms with Gasteiger partial charge in [-0.1, -0.05) is 6.07 Å². The molecule has 1 atom stereocenters. The Kier molecular flexibility index (Phi) is 3.39. The van der Waals surface area contributed by atoms with E-state index in [1.165, 1.54) is 0 Å². The third-order valence-electron chi connectivity index (χ3n) is 1.59. The Hall–Kier alpha value is -0.940. The second-order valence-electron chi connectivity index (χ2n) is 2.60. The lowest BCUT2D eigenvalue weighted by Gasteiger charge is -2.06. The Morgan fingerprint density at radius 2 is 2.46 bits per heavy atom. The van der Waals surface area contributed by atoms with Gasteiger partial charge in [0, 0.05) is 12.6 Å². The van der Waals surface area contributed by atoms with Crippen LogP contribution in [-0.2, 0) is 11.2 Å². The van der Waals surface area contributed by atoms with Crippen LogP contribution in [0.2, 0.25) is 0 Å². The minimum Gasteiger partial charge on any atom is -0.480 e. The number of aromatic nitrogens is 1. The highest BCUT2D eigenvalue weighted by atomic mass is 79.9. The molecule has 3 N–H and O–H groups in total. The summed E-state index contributed by atoms with van der Waals surface area (Å²) in [4.78, 5) is 14.4.